The molecule has 0 aliphatic rings. The van der Waals surface area contributed by atoms with Gasteiger partial charge in [0.1, 0.15) is 0 Å². The van der Waals surface area contributed by atoms with E-state index in [0.717, 1.165) is 10.2 Å². The van der Waals surface area contributed by atoms with Crippen LogP contribution in [0.3, 0.4) is 0 Å². The Morgan fingerprint density at radius 1 is 1.39 bits per heavy atom. The van der Waals surface area contributed by atoms with E-state index in [0.29, 0.717) is 10.9 Å². The fourth-order valence-electron chi connectivity index (χ4n) is 1.29. The summed E-state index contributed by atoms with van der Waals surface area (Å²) in [5.41, 5.74) is 0.815. The minimum atomic E-state index is -0.0249. The first-order chi connectivity index (χ1) is 8.41. The Kier molecular flexibility index (Phi) is 5.96. The Hall–Kier alpha value is -0.740. The van der Waals surface area contributed by atoms with Crippen LogP contribution in [0.2, 0.25) is 5.02 Å². The van der Waals surface area contributed by atoms with Crippen molar-refractivity contribution in [1.82, 2.24) is 5.32 Å². The quantitative estimate of drug-likeness (QED) is 0.863. The van der Waals surface area contributed by atoms with Crippen LogP contribution in [0.25, 0.3) is 0 Å². The SMILES string of the molecule is CC(C)C(C)NC(=O)CNc1cccc(Cl)c1Br. The molecule has 0 aliphatic heterocycles. The Bertz CT molecular complexity index is 423. The summed E-state index contributed by atoms with van der Waals surface area (Å²) in [6.45, 7) is 6.38. The Morgan fingerprint density at radius 3 is 2.67 bits per heavy atom. The van der Waals surface area contributed by atoms with E-state index in [2.05, 4.69) is 40.4 Å². The second-order valence-electron chi connectivity index (χ2n) is 4.56. The molecule has 0 radical (unpaired) electrons. The van der Waals surface area contributed by atoms with E-state index >= 15 is 0 Å². The predicted molar refractivity (Wildman–Crippen MR) is 80.1 cm³/mol. The maximum atomic E-state index is 11.7. The second-order valence-corrected chi connectivity index (χ2v) is 5.76. The second kappa shape index (κ2) is 7.00. The van der Waals surface area contributed by atoms with Crippen molar-refractivity contribution in [3.63, 3.8) is 0 Å². The molecule has 1 amide bonds. The van der Waals surface area contributed by atoms with E-state index < -0.39 is 0 Å². The number of carbonyl (C=O) groups is 1. The molecular formula is C13H18BrClN2O. The molecule has 0 heterocycles. The van der Waals surface area contributed by atoms with Crippen molar-refractivity contribution in [3.05, 3.63) is 27.7 Å². The van der Waals surface area contributed by atoms with Crippen LogP contribution in [0.5, 0.6) is 0 Å². The molecule has 100 valence electrons. The highest BCUT2D eigenvalue weighted by Gasteiger charge is 2.11. The summed E-state index contributed by atoms with van der Waals surface area (Å²) < 4.78 is 0.774. The third-order valence-corrected chi connectivity index (χ3v) is 4.18. The molecule has 18 heavy (non-hydrogen) atoms. The van der Waals surface area contributed by atoms with Crippen LogP contribution < -0.4 is 10.6 Å². The highest BCUT2D eigenvalue weighted by Crippen LogP contribution is 2.29. The Labute approximate surface area is 121 Å². The van der Waals surface area contributed by atoms with Crippen molar-refractivity contribution in [2.75, 3.05) is 11.9 Å². The summed E-state index contributed by atoms with van der Waals surface area (Å²) in [5.74, 6) is 0.398. The molecule has 0 saturated heterocycles. The number of benzene rings is 1. The van der Waals surface area contributed by atoms with E-state index in [9.17, 15) is 4.79 Å². The number of hydrogen-bond donors (Lipinski definition) is 2. The first-order valence-electron chi connectivity index (χ1n) is 5.89. The molecule has 1 aromatic rings. The van der Waals surface area contributed by atoms with Gasteiger partial charge in [-0.1, -0.05) is 31.5 Å². The largest absolute Gasteiger partial charge is 0.375 e. The van der Waals surface area contributed by atoms with Gasteiger partial charge in [-0.05, 0) is 40.9 Å². The van der Waals surface area contributed by atoms with Gasteiger partial charge in [-0.25, -0.2) is 0 Å². The number of nitrogens with one attached hydrogen (secondary N) is 2. The maximum absolute atomic E-state index is 11.7. The van der Waals surface area contributed by atoms with E-state index in [-0.39, 0.29) is 18.5 Å². The smallest absolute Gasteiger partial charge is 0.239 e. The zero-order valence-electron chi connectivity index (χ0n) is 10.8. The Balaban J connectivity index is 2.50. The predicted octanol–water partition coefficient (Wildman–Crippen LogP) is 3.68. The number of rotatable bonds is 5. The lowest BCUT2D eigenvalue weighted by Gasteiger charge is -2.18. The topological polar surface area (TPSA) is 41.1 Å². The van der Waals surface area contributed by atoms with Crippen molar-refractivity contribution >= 4 is 39.1 Å². The van der Waals surface area contributed by atoms with Gasteiger partial charge in [0.2, 0.25) is 5.91 Å². The molecule has 2 N–H and O–H groups in total. The molecule has 0 fully saturated rings. The molecule has 1 rings (SSSR count). The highest BCUT2D eigenvalue weighted by atomic mass is 79.9. The van der Waals surface area contributed by atoms with Crippen molar-refractivity contribution < 1.29 is 4.79 Å². The summed E-state index contributed by atoms with van der Waals surface area (Å²) in [5, 5.41) is 6.61. The third-order valence-electron chi connectivity index (χ3n) is 2.78. The lowest BCUT2D eigenvalue weighted by molar-refractivity contribution is -0.120. The zero-order valence-corrected chi connectivity index (χ0v) is 13.1. The standard InChI is InChI=1S/C13H18BrClN2O/c1-8(2)9(3)17-12(18)7-16-11-6-4-5-10(15)13(11)14/h4-6,8-9,16H,7H2,1-3H3,(H,17,18). The number of carbonyl (C=O) groups excluding carboxylic acids is 1. The first-order valence-corrected chi connectivity index (χ1v) is 7.06. The van der Waals surface area contributed by atoms with Crippen LogP contribution in [0, 0.1) is 5.92 Å². The normalized spacial score (nSPS) is 12.3. The van der Waals surface area contributed by atoms with Gasteiger partial charge in [0.15, 0.2) is 0 Å². The molecule has 1 aromatic carbocycles. The van der Waals surface area contributed by atoms with Gasteiger partial charge in [-0.3, -0.25) is 4.79 Å². The van der Waals surface area contributed by atoms with Crippen molar-refractivity contribution in [1.29, 1.82) is 0 Å². The van der Waals surface area contributed by atoms with Crippen molar-refractivity contribution in [3.8, 4) is 0 Å². The molecule has 1 atom stereocenters. The highest BCUT2D eigenvalue weighted by molar-refractivity contribution is 9.10. The van der Waals surface area contributed by atoms with Gasteiger partial charge in [-0.2, -0.15) is 0 Å². The van der Waals surface area contributed by atoms with E-state index in [1.54, 1.807) is 6.07 Å². The molecule has 3 nitrogen and oxygen atoms in total. The average molecular weight is 334 g/mol. The lowest BCUT2D eigenvalue weighted by Crippen LogP contribution is -2.39. The maximum Gasteiger partial charge on any atom is 0.239 e. The van der Waals surface area contributed by atoms with Crippen LogP contribution in [0.15, 0.2) is 22.7 Å². The van der Waals surface area contributed by atoms with E-state index in [1.807, 2.05) is 19.1 Å². The average Bonchev–Trinajstić information content (AvgIpc) is 2.31. The van der Waals surface area contributed by atoms with E-state index in [4.69, 9.17) is 11.6 Å². The summed E-state index contributed by atoms with van der Waals surface area (Å²) in [7, 11) is 0. The fourth-order valence-corrected chi connectivity index (χ4v) is 1.87. The van der Waals surface area contributed by atoms with Gasteiger partial charge >= 0.3 is 0 Å². The van der Waals surface area contributed by atoms with E-state index in [1.165, 1.54) is 0 Å². The molecule has 0 aliphatic carbocycles. The van der Waals surface area contributed by atoms with Gasteiger partial charge in [0, 0.05) is 6.04 Å². The van der Waals surface area contributed by atoms with Crippen molar-refractivity contribution in [2.24, 2.45) is 5.92 Å². The molecule has 0 bridgehead atoms. The molecule has 0 saturated carbocycles. The minimum Gasteiger partial charge on any atom is -0.375 e. The summed E-state index contributed by atoms with van der Waals surface area (Å²) in [6.07, 6.45) is 0. The first kappa shape index (κ1) is 15.3. The van der Waals surface area contributed by atoms with Gasteiger partial charge in [-0.15, -0.1) is 0 Å². The third kappa shape index (κ3) is 4.50. The van der Waals surface area contributed by atoms with Crippen LogP contribution in [0.1, 0.15) is 20.8 Å². The molecule has 0 aromatic heterocycles. The number of halogens is 2. The minimum absolute atomic E-state index is 0.0249. The monoisotopic (exact) mass is 332 g/mol. The van der Waals surface area contributed by atoms with Crippen LogP contribution in [-0.2, 0) is 4.79 Å². The van der Waals surface area contributed by atoms with Crippen molar-refractivity contribution in [2.45, 2.75) is 26.8 Å². The van der Waals surface area contributed by atoms with Crippen LogP contribution in [0.4, 0.5) is 5.69 Å². The lowest BCUT2D eigenvalue weighted by atomic mass is 10.1. The molecule has 0 spiro atoms. The van der Waals surface area contributed by atoms with Gasteiger partial charge in [0.25, 0.3) is 0 Å². The molecule has 1 unspecified atom stereocenters. The number of anilines is 1. The molecular weight excluding hydrogens is 316 g/mol. The number of hydrogen-bond acceptors (Lipinski definition) is 2. The summed E-state index contributed by atoms with van der Waals surface area (Å²) in [6, 6.07) is 5.67. The van der Waals surface area contributed by atoms with Gasteiger partial charge < -0.3 is 10.6 Å². The van der Waals surface area contributed by atoms with Gasteiger partial charge in [0.05, 0.1) is 21.7 Å². The van der Waals surface area contributed by atoms with Crippen LogP contribution >= 0.6 is 27.5 Å². The van der Waals surface area contributed by atoms with Crippen LogP contribution in [-0.4, -0.2) is 18.5 Å². The summed E-state index contributed by atoms with van der Waals surface area (Å²) in [4.78, 5) is 11.7. The number of amides is 1. The summed E-state index contributed by atoms with van der Waals surface area (Å²) >= 11 is 9.35. The zero-order chi connectivity index (χ0) is 13.7. The Morgan fingerprint density at radius 2 is 2.06 bits per heavy atom. The fraction of sp³-hybridized carbons (Fsp3) is 0.462. The molecule has 5 heteroatoms.